The number of nitrogens with one attached hydrogen (secondary N) is 3. The highest BCUT2D eigenvalue weighted by Crippen LogP contribution is 2.11. The van der Waals surface area contributed by atoms with E-state index in [9.17, 15) is 0 Å². The summed E-state index contributed by atoms with van der Waals surface area (Å²) in [6.07, 6.45) is 11.7. The van der Waals surface area contributed by atoms with Gasteiger partial charge in [0.05, 0.1) is 0 Å². The summed E-state index contributed by atoms with van der Waals surface area (Å²) >= 11 is 0. The highest BCUT2D eigenvalue weighted by Gasteiger charge is 2.02. The Balaban J connectivity index is 2.52. The second-order valence-corrected chi connectivity index (χ2v) is 7.81. The number of unbranched alkanes of at least 4 members (excludes halogenated alkanes) is 6. The first-order valence-corrected chi connectivity index (χ1v) is 11.5. The van der Waals surface area contributed by atoms with Crippen LogP contribution < -0.4 is 16.0 Å². The molecule has 3 heteroatoms. The minimum absolute atomic E-state index is 0.982. The van der Waals surface area contributed by atoms with Gasteiger partial charge in [-0.25, -0.2) is 0 Å². The molecule has 0 saturated heterocycles. The lowest BCUT2D eigenvalue weighted by molar-refractivity contribution is 0.604. The van der Waals surface area contributed by atoms with Crippen molar-refractivity contribution in [3.63, 3.8) is 0 Å². The maximum atomic E-state index is 3.62. The van der Waals surface area contributed by atoms with Crippen LogP contribution in [0.15, 0.2) is 18.2 Å². The average Bonchev–Trinajstić information content (AvgIpc) is 2.67. The van der Waals surface area contributed by atoms with Crippen LogP contribution in [0.4, 0.5) is 0 Å². The van der Waals surface area contributed by atoms with Gasteiger partial charge in [-0.3, -0.25) is 0 Å². The summed E-state index contributed by atoms with van der Waals surface area (Å²) in [5, 5.41) is 10.9. The first-order chi connectivity index (χ1) is 13.3. The first-order valence-electron chi connectivity index (χ1n) is 11.5. The van der Waals surface area contributed by atoms with E-state index in [4.69, 9.17) is 0 Å². The molecule has 1 rings (SSSR count). The van der Waals surface area contributed by atoms with E-state index in [2.05, 4.69) is 54.9 Å². The van der Waals surface area contributed by atoms with E-state index in [0.717, 1.165) is 39.3 Å². The molecule has 0 aliphatic carbocycles. The summed E-state index contributed by atoms with van der Waals surface area (Å²) in [5.41, 5.74) is 4.26. The Bertz CT molecular complexity index is 380. The Labute approximate surface area is 169 Å². The van der Waals surface area contributed by atoms with Crippen molar-refractivity contribution in [1.29, 1.82) is 0 Å². The zero-order valence-electron chi connectivity index (χ0n) is 18.3. The fourth-order valence-corrected chi connectivity index (χ4v) is 3.34. The van der Waals surface area contributed by atoms with Gasteiger partial charge < -0.3 is 16.0 Å². The summed E-state index contributed by atoms with van der Waals surface area (Å²) in [6, 6.07) is 7.13. The molecule has 0 bridgehead atoms. The van der Waals surface area contributed by atoms with Gasteiger partial charge in [0, 0.05) is 19.6 Å². The van der Waals surface area contributed by atoms with Crippen LogP contribution in [0.1, 0.15) is 95.2 Å². The zero-order chi connectivity index (χ0) is 19.6. The predicted octanol–water partition coefficient (Wildman–Crippen LogP) is 5.53. The molecule has 0 heterocycles. The van der Waals surface area contributed by atoms with Crippen LogP contribution in [0.5, 0.6) is 0 Å². The van der Waals surface area contributed by atoms with Gasteiger partial charge in [0.25, 0.3) is 0 Å². The molecule has 0 spiro atoms. The molecular formula is C24H45N3. The quantitative estimate of drug-likeness (QED) is 0.295. The van der Waals surface area contributed by atoms with Crippen molar-refractivity contribution in [2.24, 2.45) is 0 Å². The third-order valence-electron chi connectivity index (χ3n) is 4.97. The minimum Gasteiger partial charge on any atom is -0.313 e. The van der Waals surface area contributed by atoms with Crippen molar-refractivity contribution >= 4 is 0 Å². The third-order valence-corrected chi connectivity index (χ3v) is 4.97. The highest BCUT2D eigenvalue weighted by molar-refractivity contribution is 5.30. The van der Waals surface area contributed by atoms with Gasteiger partial charge in [-0.05, 0) is 55.6 Å². The molecule has 3 N–H and O–H groups in total. The molecule has 0 radical (unpaired) electrons. The van der Waals surface area contributed by atoms with Crippen molar-refractivity contribution in [2.75, 3.05) is 19.6 Å². The second-order valence-electron chi connectivity index (χ2n) is 7.81. The number of hydrogen-bond donors (Lipinski definition) is 3. The lowest BCUT2D eigenvalue weighted by Gasteiger charge is -2.13. The second kappa shape index (κ2) is 17.2. The Morgan fingerprint density at radius 2 is 0.778 bits per heavy atom. The van der Waals surface area contributed by atoms with E-state index < -0.39 is 0 Å². The lowest BCUT2D eigenvalue weighted by Crippen LogP contribution is -2.19. The van der Waals surface area contributed by atoms with Gasteiger partial charge in [0.2, 0.25) is 0 Å². The standard InChI is InChI=1S/C24H45N3/c1-4-7-10-13-25-19-22-16-23(20-26-14-11-8-5-2)18-24(17-22)21-27-15-12-9-6-3/h16-18,25-27H,4-15,19-21H2,1-3H3. The molecule has 27 heavy (non-hydrogen) atoms. The molecule has 0 atom stereocenters. The molecule has 0 aliphatic heterocycles. The Hall–Kier alpha value is -0.900. The van der Waals surface area contributed by atoms with E-state index in [1.807, 2.05) is 0 Å². The Morgan fingerprint density at radius 3 is 1.04 bits per heavy atom. The topological polar surface area (TPSA) is 36.1 Å². The SMILES string of the molecule is CCCCCNCc1cc(CNCCCCC)cc(CNCCCCC)c1. The largest absolute Gasteiger partial charge is 0.313 e. The molecule has 0 amide bonds. The van der Waals surface area contributed by atoms with E-state index in [0.29, 0.717) is 0 Å². The first kappa shape index (κ1) is 24.1. The van der Waals surface area contributed by atoms with Gasteiger partial charge in [-0.15, -0.1) is 0 Å². The Morgan fingerprint density at radius 1 is 0.481 bits per heavy atom. The molecule has 0 aliphatic rings. The van der Waals surface area contributed by atoms with E-state index >= 15 is 0 Å². The van der Waals surface area contributed by atoms with Gasteiger partial charge >= 0.3 is 0 Å². The maximum absolute atomic E-state index is 3.62. The van der Waals surface area contributed by atoms with Crippen molar-refractivity contribution < 1.29 is 0 Å². The van der Waals surface area contributed by atoms with Crippen LogP contribution in [0, 0.1) is 0 Å². The van der Waals surface area contributed by atoms with Gasteiger partial charge in [-0.1, -0.05) is 77.5 Å². The molecule has 0 aromatic heterocycles. The average molecular weight is 376 g/mol. The van der Waals surface area contributed by atoms with Crippen molar-refractivity contribution in [3.8, 4) is 0 Å². The fraction of sp³-hybridized carbons (Fsp3) is 0.750. The smallest absolute Gasteiger partial charge is 0.0205 e. The van der Waals surface area contributed by atoms with E-state index in [1.165, 1.54) is 74.5 Å². The summed E-state index contributed by atoms with van der Waals surface area (Å²) in [6.45, 7) is 13.1. The molecular weight excluding hydrogens is 330 g/mol. The van der Waals surface area contributed by atoms with E-state index in [1.54, 1.807) is 0 Å². The summed E-state index contributed by atoms with van der Waals surface area (Å²) in [4.78, 5) is 0. The fourth-order valence-electron chi connectivity index (χ4n) is 3.34. The van der Waals surface area contributed by atoms with Gasteiger partial charge in [-0.2, -0.15) is 0 Å². The lowest BCUT2D eigenvalue weighted by atomic mass is 10.0. The molecule has 1 aromatic rings. The zero-order valence-corrected chi connectivity index (χ0v) is 18.3. The number of rotatable bonds is 18. The van der Waals surface area contributed by atoms with Crippen LogP contribution in [-0.4, -0.2) is 19.6 Å². The summed E-state index contributed by atoms with van der Waals surface area (Å²) in [7, 11) is 0. The summed E-state index contributed by atoms with van der Waals surface area (Å²) in [5.74, 6) is 0. The predicted molar refractivity (Wildman–Crippen MR) is 120 cm³/mol. The molecule has 0 unspecified atom stereocenters. The van der Waals surface area contributed by atoms with Crippen LogP contribution in [0.25, 0.3) is 0 Å². The third kappa shape index (κ3) is 13.0. The highest BCUT2D eigenvalue weighted by atomic mass is 14.9. The van der Waals surface area contributed by atoms with Crippen molar-refractivity contribution in [2.45, 2.75) is 98.2 Å². The summed E-state index contributed by atoms with van der Waals surface area (Å²) < 4.78 is 0. The maximum Gasteiger partial charge on any atom is 0.0205 e. The van der Waals surface area contributed by atoms with Crippen molar-refractivity contribution in [1.82, 2.24) is 16.0 Å². The Kier molecular flexibility index (Phi) is 15.4. The molecule has 3 nitrogen and oxygen atoms in total. The van der Waals surface area contributed by atoms with Crippen LogP contribution in [0.3, 0.4) is 0 Å². The number of hydrogen-bond acceptors (Lipinski definition) is 3. The van der Waals surface area contributed by atoms with Crippen LogP contribution >= 0.6 is 0 Å². The minimum atomic E-state index is 0.982. The van der Waals surface area contributed by atoms with Crippen LogP contribution in [0.2, 0.25) is 0 Å². The molecule has 1 aromatic carbocycles. The number of benzene rings is 1. The van der Waals surface area contributed by atoms with Gasteiger partial charge in [0.15, 0.2) is 0 Å². The molecule has 156 valence electrons. The molecule has 0 fully saturated rings. The van der Waals surface area contributed by atoms with Crippen molar-refractivity contribution in [3.05, 3.63) is 34.9 Å². The van der Waals surface area contributed by atoms with E-state index in [-0.39, 0.29) is 0 Å². The van der Waals surface area contributed by atoms with Gasteiger partial charge in [0.1, 0.15) is 0 Å². The monoisotopic (exact) mass is 375 g/mol. The normalized spacial score (nSPS) is 11.2. The molecule has 0 saturated carbocycles. The van der Waals surface area contributed by atoms with Crippen LogP contribution in [-0.2, 0) is 19.6 Å².